The number of benzene rings is 2. The molecule has 4 aromatic rings. The van der Waals surface area contributed by atoms with Crippen molar-refractivity contribution < 1.29 is 78.6 Å². The molecule has 0 radical (unpaired) electrons. The van der Waals surface area contributed by atoms with Crippen molar-refractivity contribution in [3.63, 3.8) is 0 Å². The van der Waals surface area contributed by atoms with Crippen molar-refractivity contribution >= 4 is 34.3 Å². The highest BCUT2D eigenvalue weighted by Gasteiger charge is 2.50. The number of nitrogens with zero attached hydrogens (tertiary/aromatic N) is 4. The van der Waals surface area contributed by atoms with Crippen LogP contribution in [0, 0.1) is 6.08 Å². The number of Topliss-reactive ketones (excluding diaryl/α,β-unsaturated/α-hetero) is 1. The number of imidazole rings is 1. The number of nitrogen functional groups attached to an aromatic ring is 1. The summed E-state index contributed by atoms with van der Waals surface area (Å²) in [4.78, 5) is 50.6. The molecular formula is C37H41FN6O15. The lowest BCUT2D eigenvalue weighted by atomic mass is 9.72. The Kier molecular flexibility index (Phi) is 11.2. The van der Waals surface area contributed by atoms with Gasteiger partial charge in [-0.15, -0.1) is 0 Å². The van der Waals surface area contributed by atoms with Crippen molar-refractivity contribution in [3.05, 3.63) is 64.0 Å². The predicted molar refractivity (Wildman–Crippen MR) is 194 cm³/mol. The fourth-order valence-corrected chi connectivity index (χ4v) is 7.96. The van der Waals surface area contributed by atoms with Crippen molar-refractivity contribution in [2.45, 2.75) is 87.0 Å². The number of rotatable bonds is 7. The van der Waals surface area contributed by atoms with Crippen LogP contribution >= 0.6 is 0 Å². The van der Waals surface area contributed by atoms with Crippen LogP contribution < -0.4 is 16.2 Å². The summed E-state index contributed by atoms with van der Waals surface area (Å²) in [5.41, 5.74) is 8.09. The molecule has 0 unspecified atom stereocenters. The topological polar surface area (TPSA) is 346 Å². The molecule has 2 fully saturated rings. The molecule has 0 amide bonds. The number of aromatic nitrogens is 4. The molecule has 12 N–H and O–H groups in total. The Bertz CT molecular complexity index is 2330. The normalized spacial score (nSPS) is 30.0. The fraction of sp³-hybridized carbons (Fsp3) is 0.459. The smallest absolute Gasteiger partial charge is 0.312 e. The largest absolute Gasteiger partial charge is 0.507 e. The van der Waals surface area contributed by atoms with Gasteiger partial charge in [-0.3, -0.25) is 19.0 Å². The second kappa shape index (κ2) is 15.7. The number of hydrogen-bond donors (Lipinski definition) is 10. The third-order valence-corrected chi connectivity index (χ3v) is 11.0. The van der Waals surface area contributed by atoms with E-state index in [2.05, 4.69) is 15.0 Å². The van der Waals surface area contributed by atoms with Crippen molar-refractivity contribution in [3.8, 4) is 17.2 Å². The monoisotopic (exact) mass is 828 g/mol. The lowest BCUT2D eigenvalue weighted by molar-refractivity contribution is -0.247. The number of nitrogens with two attached hydrogens (primary N) is 2. The number of phenols is 2. The van der Waals surface area contributed by atoms with E-state index in [-0.39, 0.29) is 51.4 Å². The first-order valence-electron chi connectivity index (χ1n) is 18.2. The highest BCUT2D eigenvalue weighted by atomic mass is 19.1. The third kappa shape index (κ3) is 6.95. The minimum atomic E-state index is -2.24. The van der Waals surface area contributed by atoms with E-state index in [4.69, 9.17) is 35.5 Å². The first-order valence-corrected chi connectivity index (χ1v) is 18.2. The van der Waals surface area contributed by atoms with E-state index in [1.807, 2.05) is 0 Å². The van der Waals surface area contributed by atoms with E-state index in [9.17, 15) is 54.5 Å². The quantitative estimate of drug-likeness (QED) is 0.0636. The highest BCUT2D eigenvalue weighted by molar-refractivity contribution is 6.31. The van der Waals surface area contributed by atoms with Crippen LogP contribution in [0.25, 0.3) is 11.2 Å². The predicted octanol–water partition coefficient (Wildman–Crippen LogP) is -1.84. The first-order chi connectivity index (χ1) is 28.0. The lowest BCUT2D eigenvalue weighted by Crippen LogP contribution is -2.53. The first kappa shape index (κ1) is 41.9. The molecule has 2 aromatic carbocycles. The van der Waals surface area contributed by atoms with Gasteiger partial charge in [0.25, 0.3) is 0 Å². The van der Waals surface area contributed by atoms with Crippen molar-refractivity contribution in [1.29, 1.82) is 0 Å². The van der Waals surface area contributed by atoms with Crippen LogP contribution in [0.2, 0.25) is 0 Å². The molecule has 22 heteroatoms. The molecule has 2 aliphatic carbocycles. The zero-order valence-corrected chi connectivity index (χ0v) is 31.3. The maximum atomic E-state index is 13.6. The molecule has 316 valence electrons. The number of ketones is 3. The number of carbonyl (C=O) groups excluding carboxylic acids is 3. The highest BCUT2D eigenvalue weighted by Crippen LogP contribution is 2.52. The molecular weight excluding hydrogens is 787 g/mol. The van der Waals surface area contributed by atoms with E-state index in [0.29, 0.717) is 0 Å². The van der Waals surface area contributed by atoms with E-state index < -0.39 is 133 Å². The molecule has 2 saturated heterocycles. The average Bonchev–Trinajstić information content (AvgIpc) is 3.75. The van der Waals surface area contributed by atoms with E-state index in [1.54, 1.807) is 6.92 Å². The summed E-state index contributed by atoms with van der Waals surface area (Å²) in [7, 11) is 1.32. The van der Waals surface area contributed by atoms with Crippen molar-refractivity contribution in [2.75, 3.05) is 26.1 Å². The molecule has 2 aromatic heterocycles. The van der Waals surface area contributed by atoms with E-state index in [0.717, 1.165) is 0 Å². The van der Waals surface area contributed by atoms with Gasteiger partial charge in [-0.25, -0.2) is 4.98 Å². The van der Waals surface area contributed by atoms with Crippen molar-refractivity contribution in [1.82, 2.24) is 19.5 Å². The summed E-state index contributed by atoms with van der Waals surface area (Å²) in [6.45, 7) is 0.0942. The van der Waals surface area contributed by atoms with Crippen LogP contribution in [0.15, 0.2) is 24.5 Å². The SMILES string of the molecule is COc1cccc2c1C(=O)c1c(O)c3c(c(O)c1C2=O)C[C@@](O)(C(=O)CO)C[C@@H]3O[C@H]1C[C@H](N)[C@@H](O)[C@H](C)O1.Nc1nc(F)nc2c1ncn2[C@@H]1O[C@H](CO)[C@@H](O)[C@@H]1O. The minimum absolute atomic E-state index is 0.0173. The number of halogens is 1. The van der Waals surface area contributed by atoms with Crippen molar-refractivity contribution in [2.24, 2.45) is 5.73 Å². The van der Waals surface area contributed by atoms with Crippen LogP contribution in [0.4, 0.5) is 10.2 Å². The Morgan fingerprint density at radius 3 is 2.39 bits per heavy atom. The Balaban J connectivity index is 0.000000221. The average molecular weight is 829 g/mol. The zero-order valence-electron chi connectivity index (χ0n) is 31.3. The lowest BCUT2D eigenvalue weighted by Gasteiger charge is -2.42. The van der Waals surface area contributed by atoms with Gasteiger partial charge in [-0.2, -0.15) is 14.4 Å². The number of phenolic OH excluding ortho intramolecular Hbond substituents is 2. The Labute approximate surface area is 332 Å². The Hall–Kier alpha value is -5.27. The molecule has 2 aliphatic heterocycles. The van der Waals surface area contributed by atoms with Gasteiger partial charge in [0.05, 0.1) is 55.0 Å². The van der Waals surface area contributed by atoms with Gasteiger partial charge >= 0.3 is 6.08 Å². The molecule has 4 heterocycles. The van der Waals surface area contributed by atoms with Gasteiger partial charge in [-0.1, -0.05) is 12.1 Å². The number of aromatic hydroxyl groups is 2. The van der Waals surface area contributed by atoms with Crippen LogP contribution in [-0.2, 0) is 25.4 Å². The molecule has 21 nitrogen and oxygen atoms in total. The number of anilines is 1. The second-order valence-corrected chi connectivity index (χ2v) is 14.6. The summed E-state index contributed by atoms with van der Waals surface area (Å²) in [5.74, 6) is -3.92. The molecule has 0 saturated carbocycles. The number of aliphatic hydroxyl groups excluding tert-OH is 5. The number of methoxy groups -OCH3 is 1. The number of fused-ring (bicyclic) bond motifs is 4. The Morgan fingerprint density at radius 2 is 1.75 bits per heavy atom. The summed E-state index contributed by atoms with van der Waals surface area (Å²) in [6, 6.07) is 3.64. The van der Waals surface area contributed by atoms with E-state index in [1.165, 1.54) is 36.2 Å². The van der Waals surface area contributed by atoms with Crippen LogP contribution in [-0.4, -0.2) is 146 Å². The number of carbonyl (C=O) groups is 3. The van der Waals surface area contributed by atoms with Gasteiger partial charge < -0.3 is 71.3 Å². The standard InChI is InChI=1S/C27H29NO11.C10H12FN5O4/c1-10-22(31)13(28)6-17(38-10)39-15-8-27(36,16(30)9-29)7-12-19(15)26(35)21-20(24(12)33)23(32)11-4-3-5-14(37-2)18(11)25(21)34;11-10-14-7(12)4-8(15-10)16(2-13-4)9-6(19)5(18)3(1-17)20-9/h3-5,10,13,15,17,22,29,31,33,35-36H,6-9,28H2,1-2H3;2-3,5-6,9,17-19H,1H2,(H2,12,14,15)/t10-,13-,15-,17-,22-,27-;3-,5-,6+,9-/m01/s1. The number of aliphatic hydroxyl groups is 6. The van der Waals surface area contributed by atoms with Crippen LogP contribution in [0.5, 0.6) is 17.2 Å². The Morgan fingerprint density at radius 1 is 1.03 bits per heavy atom. The zero-order chi connectivity index (χ0) is 42.8. The second-order valence-electron chi connectivity index (χ2n) is 14.6. The summed E-state index contributed by atoms with van der Waals surface area (Å²) < 4.78 is 36.8. The summed E-state index contributed by atoms with van der Waals surface area (Å²) in [6.07, 6.45) is -9.51. The van der Waals surface area contributed by atoms with E-state index >= 15 is 0 Å². The maximum absolute atomic E-state index is 13.6. The maximum Gasteiger partial charge on any atom is 0.312 e. The van der Waals surface area contributed by atoms with Gasteiger partial charge in [0, 0.05) is 42.0 Å². The third-order valence-electron chi connectivity index (χ3n) is 11.0. The van der Waals surface area contributed by atoms with Gasteiger partial charge in [0.15, 0.2) is 41.1 Å². The number of hydrogen-bond acceptors (Lipinski definition) is 20. The molecule has 8 rings (SSSR count). The van der Waals surface area contributed by atoms with Gasteiger partial charge in [0.2, 0.25) is 5.78 Å². The van der Waals surface area contributed by atoms with Gasteiger partial charge in [0.1, 0.15) is 47.8 Å². The molecule has 0 spiro atoms. The molecule has 59 heavy (non-hydrogen) atoms. The summed E-state index contributed by atoms with van der Waals surface area (Å²) in [5, 5.41) is 82.4. The molecule has 4 aliphatic rings. The fourth-order valence-electron chi connectivity index (χ4n) is 7.96. The summed E-state index contributed by atoms with van der Waals surface area (Å²) >= 11 is 0. The number of ether oxygens (including phenoxy) is 4. The minimum Gasteiger partial charge on any atom is -0.507 e. The van der Waals surface area contributed by atoms with Gasteiger partial charge in [-0.05, 0) is 13.0 Å². The van der Waals surface area contributed by atoms with Crippen LogP contribution in [0.3, 0.4) is 0 Å². The van der Waals surface area contributed by atoms with Crippen LogP contribution in [0.1, 0.15) is 75.1 Å². The molecule has 10 atom stereocenters. The molecule has 0 bridgehead atoms.